The van der Waals surface area contributed by atoms with E-state index in [0.717, 1.165) is 13.8 Å². The van der Waals surface area contributed by atoms with Crippen LogP contribution in [0.15, 0.2) is 23.3 Å². The molecule has 1 saturated heterocycles. The van der Waals surface area contributed by atoms with E-state index in [-0.39, 0.29) is 22.4 Å². The Bertz CT molecular complexity index is 893. The van der Waals surface area contributed by atoms with Crippen molar-refractivity contribution in [3.63, 3.8) is 0 Å². The quantitative estimate of drug-likeness (QED) is 0.192. The van der Waals surface area contributed by atoms with Crippen molar-refractivity contribution < 1.29 is 38.1 Å². The van der Waals surface area contributed by atoms with Gasteiger partial charge in [-0.2, -0.15) is 0 Å². The number of azide groups is 1. The van der Waals surface area contributed by atoms with Crippen molar-refractivity contribution in [3.8, 4) is 5.75 Å². The standard InChI is InChI=1S/C18H19Cl2N3O8/c1-8(24)27-7-13-16(28-9(2)25)15(22-23-21)17(29-10(3)26)18(31-13)30-12-6-4-5-11(19)14(12)20/h4-6,13,15-18H,7H2,1-3H3/t13-,15+,16+,17-,18+/m1/s1. The van der Waals surface area contributed by atoms with Crippen LogP contribution in [0.2, 0.25) is 10.0 Å². The van der Waals surface area contributed by atoms with Gasteiger partial charge in [-0.3, -0.25) is 14.4 Å². The number of carbonyl (C=O) groups is 3. The molecule has 1 aliphatic heterocycles. The van der Waals surface area contributed by atoms with Crippen LogP contribution in [0.25, 0.3) is 10.4 Å². The monoisotopic (exact) mass is 475 g/mol. The van der Waals surface area contributed by atoms with Crippen LogP contribution in [0, 0.1) is 0 Å². The maximum absolute atomic E-state index is 11.7. The Hall–Kier alpha value is -2.72. The van der Waals surface area contributed by atoms with E-state index in [2.05, 4.69) is 10.0 Å². The third-order valence-electron chi connectivity index (χ3n) is 4.02. The summed E-state index contributed by atoms with van der Waals surface area (Å²) >= 11 is 12.2. The lowest BCUT2D eigenvalue weighted by Crippen LogP contribution is -2.61. The number of rotatable bonds is 7. The maximum atomic E-state index is 11.7. The van der Waals surface area contributed by atoms with Crippen LogP contribution in [0.5, 0.6) is 5.75 Å². The van der Waals surface area contributed by atoms with Gasteiger partial charge in [0.25, 0.3) is 0 Å². The Morgan fingerprint density at radius 1 is 1.10 bits per heavy atom. The second kappa shape index (κ2) is 11.1. The van der Waals surface area contributed by atoms with Crippen LogP contribution in [0.4, 0.5) is 0 Å². The number of esters is 3. The Kier molecular flexibility index (Phi) is 8.76. The normalized spacial score (nSPS) is 25.0. The number of hydrogen-bond acceptors (Lipinski definition) is 9. The van der Waals surface area contributed by atoms with Crippen LogP contribution in [-0.2, 0) is 33.3 Å². The van der Waals surface area contributed by atoms with E-state index < -0.39 is 48.6 Å². The fourth-order valence-electron chi connectivity index (χ4n) is 2.87. The molecule has 0 bridgehead atoms. The Balaban J connectivity index is 2.47. The lowest BCUT2D eigenvalue weighted by molar-refractivity contribution is -0.259. The number of nitrogens with zero attached hydrogens (tertiary/aromatic N) is 3. The number of carbonyl (C=O) groups excluding carboxylic acids is 3. The average Bonchev–Trinajstić information content (AvgIpc) is 2.67. The molecule has 0 spiro atoms. The van der Waals surface area contributed by atoms with Gasteiger partial charge in [-0.25, -0.2) is 0 Å². The molecule has 0 amide bonds. The van der Waals surface area contributed by atoms with Gasteiger partial charge in [-0.05, 0) is 17.7 Å². The van der Waals surface area contributed by atoms with Gasteiger partial charge in [0.15, 0.2) is 6.10 Å². The Labute approximate surface area is 187 Å². The molecule has 168 valence electrons. The SMILES string of the molecule is CC(=O)OC[C@H]1O[C@H](Oc2cccc(Cl)c2Cl)[C@H](OC(C)=O)[C@@H](N=[N+]=[N-])[C@H]1OC(C)=O. The molecular formula is C18H19Cl2N3O8. The average molecular weight is 476 g/mol. The highest BCUT2D eigenvalue weighted by atomic mass is 35.5. The van der Waals surface area contributed by atoms with Gasteiger partial charge in [0.05, 0.1) is 5.02 Å². The second-order valence-corrected chi connectivity index (χ2v) is 7.14. The van der Waals surface area contributed by atoms with Crippen molar-refractivity contribution in [2.24, 2.45) is 5.11 Å². The summed E-state index contributed by atoms with van der Waals surface area (Å²) in [4.78, 5) is 37.4. The molecule has 5 atom stereocenters. The van der Waals surface area contributed by atoms with E-state index >= 15 is 0 Å². The smallest absolute Gasteiger partial charge is 0.303 e. The van der Waals surface area contributed by atoms with Crippen molar-refractivity contribution in [1.82, 2.24) is 0 Å². The molecule has 11 nitrogen and oxygen atoms in total. The van der Waals surface area contributed by atoms with Crippen molar-refractivity contribution in [1.29, 1.82) is 0 Å². The molecule has 13 heteroatoms. The summed E-state index contributed by atoms with van der Waals surface area (Å²) in [5.74, 6) is -1.99. The molecule has 31 heavy (non-hydrogen) atoms. The van der Waals surface area contributed by atoms with Crippen molar-refractivity contribution in [2.75, 3.05) is 6.61 Å². The molecule has 1 aliphatic rings. The molecule has 1 aromatic carbocycles. The van der Waals surface area contributed by atoms with E-state index in [1.54, 1.807) is 6.07 Å². The second-order valence-electron chi connectivity index (χ2n) is 6.36. The number of halogens is 2. The highest BCUT2D eigenvalue weighted by molar-refractivity contribution is 6.42. The van der Waals surface area contributed by atoms with Gasteiger partial charge in [0.1, 0.15) is 35.6 Å². The zero-order valence-electron chi connectivity index (χ0n) is 16.7. The molecule has 1 fully saturated rings. The largest absolute Gasteiger partial charge is 0.463 e. The first-order valence-corrected chi connectivity index (χ1v) is 9.67. The van der Waals surface area contributed by atoms with E-state index in [1.165, 1.54) is 19.1 Å². The third-order valence-corrected chi connectivity index (χ3v) is 4.82. The number of benzene rings is 1. The molecule has 0 aromatic heterocycles. The van der Waals surface area contributed by atoms with Gasteiger partial charge in [-0.1, -0.05) is 34.4 Å². The summed E-state index contributed by atoms with van der Waals surface area (Å²) in [6.45, 7) is 3.07. The van der Waals surface area contributed by atoms with Crippen molar-refractivity contribution in [3.05, 3.63) is 38.7 Å². The molecule has 1 aromatic rings. The zero-order valence-corrected chi connectivity index (χ0v) is 18.2. The summed E-state index contributed by atoms with van der Waals surface area (Å²) in [7, 11) is 0. The third kappa shape index (κ3) is 6.63. The number of hydrogen-bond donors (Lipinski definition) is 0. The molecule has 0 unspecified atom stereocenters. The van der Waals surface area contributed by atoms with Gasteiger partial charge < -0.3 is 23.7 Å². The summed E-state index contributed by atoms with van der Waals surface area (Å²) in [6.07, 6.45) is -5.06. The van der Waals surface area contributed by atoms with Gasteiger partial charge in [-0.15, -0.1) is 0 Å². The summed E-state index contributed by atoms with van der Waals surface area (Å²) in [6, 6.07) is 3.32. The maximum Gasteiger partial charge on any atom is 0.303 e. The Morgan fingerprint density at radius 3 is 2.32 bits per heavy atom. The first-order chi connectivity index (χ1) is 14.6. The van der Waals surface area contributed by atoms with Gasteiger partial charge in [0.2, 0.25) is 6.29 Å². The van der Waals surface area contributed by atoms with Crippen molar-refractivity contribution >= 4 is 41.1 Å². The molecule has 0 aliphatic carbocycles. The highest BCUT2D eigenvalue weighted by Gasteiger charge is 2.51. The van der Waals surface area contributed by atoms with Gasteiger partial charge in [0, 0.05) is 25.7 Å². The Morgan fingerprint density at radius 2 is 1.74 bits per heavy atom. The lowest BCUT2D eigenvalue weighted by atomic mass is 9.96. The summed E-state index contributed by atoms with van der Waals surface area (Å²) in [5, 5.41) is 3.89. The summed E-state index contributed by atoms with van der Waals surface area (Å²) in [5.41, 5.74) is 9.06. The van der Waals surface area contributed by atoms with Crippen LogP contribution >= 0.6 is 23.2 Å². The highest BCUT2D eigenvalue weighted by Crippen LogP contribution is 2.36. The minimum absolute atomic E-state index is 0.0633. The molecular weight excluding hydrogens is 457 g/mol. The van der Waals surface area contributed by atoms with Crippen LogP contribution < -0.4 is 4.74 Å². The van der Waals surface area contributed by atoms with E-state index in [9.17, 15) is 14.4 Å². The predicted octanol–water partition coefficient (Wildman–Crippen LogP) is 3.20. The topological polar surface area (TPSA) is 146 Å². The number of ether oxygens (including phenoxy) is 5. The fourth-order valence-corrected chi connectivity index (χ4v) is 3.21. The lowest BCUT2D eigenvalue weighted by Gasteiger charge is -2.43. The van der Waals surface area contributed by atoms with Gasteiger partial charge >= 0.3 is 17.9 Å². The molecule has 1 heterocycles. The zero-order chi connectivity index (χ0) is 23.1. The predicted molar refractivity (Wildman–Crippen MR) is 106 cm³/mol. The van der Waals surface area contributed by atoms with E-state index in [4.69, 9.17) is 52.4 Å². The molecule has 2 rings (SSSR count). The van der Waals surface area contributed by atoms with Crippen LogP contribution in [-0.4, -0.2) is 55.2 Å². The fraction of sp³-hybridized carbons (Fsp3) is 0.500. The van der Waals surface area contributed by atoms with E-state index in [0.29, 0.717) is 0 Å². The molecule has 0 N–H and O–H groups in total. The van der Waals surface area contributed by atoms with Crippen LogP contribution in [0.3, 0.4) is 0 Å². The minimum atomic E-state index is -1.37. The molecule has 0 saturated carbocycles. The first-order valence-electron chi connectivity index (χ1n) is 8.92. The summed E-state index contributed by atoms with van der Waals surface area (Å²) < 4.78 is 27.1. The van der Waals surface area contributed by atoms with Crippen molar-refractivity contribution in [2.45, 2.75) is 51.4 Å². The van der Waals surface area contributed by atoms with Crippen LogP contribution in [0.1, 0.15) is 20.8 Å². The van der Waals surface area contributed by atoms with E-state index in [1.807, 2.05) is 0 Å². The minimum Gasteiger partial charge on any atom is -0.463 e. The first kappa shape index (κ1) is 24.5. The molecule has 0 radical (unpaired) electrons.